The number of fused-ring (bicyclic) bond motifs is 19. The van der Waals surface area contributed by atoms with E-state index in [1.165, 1.54) is 4.90 Å². The molecule has 8 aromatic carbocycles. The number of rotatable bonds is 9. The molecule has 0 saturated heterocycles. The highest BCUT2D eigenvalue weighted by Crippen LogP contribution is 2.56. The maximum absolute atomic E-state index is 7.69. The molecule has 710 valence electrons. The topological polar surface area (TPSA) is 240 Å². The molecule has 5 aliphatic rings. The number of benzene rings is 8. The smallest absolute Gasteiger partial charge is 0.227 e. The van der Waals surface area contributed by atoms with Gasteiger partial charge in [-0.15, -0.1) is 0 Å². The summed E-state index contributed by atoms with van der Waals surface area (Å²) in [6.07, 6.45) is 13.9. The third-order valence-electron chi connectivity index (χ3n) is 28.0. The van der Waals surface area contributed by atoms with E-state index in [1.54, 1.807) is 37.2 Å². The molecule has 0 fully saturated rings. The molecule has 5 aliphatic heterocycles. The van der Waals surface area contributed by atoms with Gasteiger partial charge in [0.1, 0.15) is 30.8 Å². The number of anilines is 16. The van der Waals surface area contributed by atoms with E-state index in [9.17, 15) is 0 Å². The van der Waals surface area contributed by atoms with Gasteiger partial charge < -0.3 is 56.4 Å². The molecule has 0 unspecified atom stereocenters. The van der Waals surface area contributed by atoms with Crippen molar-refractivity contribution < 1.29 is 26.2 Å². The highest BCUT2D eigenvalue weighted by molar-refractivity contribution is 6.15. The van der Waals surface area contributed by atoms with E-state index in [4.69, 9.17) is 41.1 Å². The van der Waals surface area contributed by atoms with Crippen LogP contribution in [0.3, 0.4) is 0 Å². The average molecular weight is 1890 g/mol. The molecule has 0 aliphatic carbocycles. The summed E-state index contributed by atoms with van der Waals surface area (Å²) in [6, 6.07) is 81.3. The molecule has 26 heteroatoms. The van der Waals surface area contributed by atoms with Gasteiger partial charge in [-0.2, -0.15) is 0 Å². The highest BCUT2D eigenvalue weighted by Gasteiger charge is 2.45. The Balaban J connectivity index is 0.000000101. The van der Waals surface area contributed by atoms with Crippen LogP contribution in [0.25, 0.3) is 110 Å². The summed E-state index contributed by atoms with van der Waals surface area (Å²) < 4.78 is 54.5. The molecule has 0 bridgehead atoms. The summed E-state index contributed by atoms with van der Waals surface area (Å²) in [7, 11) is 0. The van der Waals surface area contributed by atoms with Gasteiger partial charge in [-0.25, -0.2) is 54.8 Å². The number of aryl methyl sites for hydroxylation is 10. The van der Waals surface area contributed by atoms with Crippen LogP contribution in [0.4, 0.5) is 91.8 Å². The summed E-state index contributed by atoms with van der Waals surface area (Å²) in [5.74, 6) is 5.30. The summed E-state index contributed by atoms with van der Waals surface area (Å²) >= 11 is 0. The second kappa shape index (κ2) is 35.5. The molecule has 14 aromatic heterocycles. The van der Waals surface area contributed by atoms with Crippen molar-refractivity contribution in [3.05, 3.63) is 342 Å². The van der Waals surface area contributed by atoms with Crippen LogP contribution in [0.2, 0.25) is 0 Å². The molecule has 0 radical (unpaired) electrons. The van der Waals surface area contributed by atoms with Gasteiger partial charge in [-0.1, -0.05) is 115 Å². The molecular weight excluding hydrogens is 1780 g/mol. The van der Waals surface area contributed by atoms with Gasteiger partial charge in [0.2, 0.25) is 28.6 Å². The van der Waals surface area contributed by atoms with Crippen LogP contribution in [0.5, 0.6) is 0 Å². The first-order valence-corrected chi connectivity index (χ1v) is 48.4. The highest BCUT2D eigenvalue weighted by atomic mass is 16.4. The standard InChI is InChI=1S/2C26H22N4O.C25H21N5O.C22H23N5O.C18H19N3O/c1-16-11-13-20-21-14-12-17(2)28-26(21)31-24(20)23(16)30-18(3)29(19-8-5-4-6-9-19)25-22(30)10-7-15-27-25;1-16-11-13-20-21-14-12-17(2)28-26(21)31-24(20)23(16)30-18(3)29(19-8-5-4-6-9-19)22-10-7-15-27-25(22)30;1-15-9-11-19-20-12-10-16(2)28-25(20)31-22(19)21(15)30-17(3)29(18-7-5-4-6-8-18)23-24(30)27-14-13-26-23;1-12(2)26-15(5)27(21-20(26)23-10-11-24-21)18-13(3)6-8-16-17-9-7-14(4)25-22(17)28-19(16)18;1-11-5-7-14-15-8-6-12(2)19-18(15)22-17(14)16(11)21-10-9-20(4)13(21)3/h2*4-15,18H,1-3H3;4-14,17H,1-3H3;6-12,15H,1-5H3;5-10,13H,1-4H3/t2*18-;17-;15-;13-/m00000/s1/i;;;;4D3. The Kier molecular flexibility index (Phi) is 21.4. The first kappa shape index (κ1) is 86.1. The number of hydrogen-bond acceptors (Lipinski definition) is 26. The summed E-state index contributed by atoms with van der Waals surface area (Å²) in [6.45, 7) is 33.2. The van der Waals surface area contributed by atoms with E-state index in [1.807, 2.05) is 157 Å². The van der Waals surface area contributed by atoms with Crippen LogP contribution < -0.4 is 44.1 Å². The molecule has 0 spiro atoms. The minimum Gasteiger partial charge on any atom is -0.435 e. The van der Waals surface area contributed by atoms with Crippen molar-refractivity contribution in [3.63, 3.8) is 0 Å². The van der Waals surface area contributed by atoms with Gasteiger partial charge in [-0.05, 0) is 267 Å². The van der Waals surface area contributed by atoms with Gasteiger partial charge in [0.25, 0.3) is 0 Å². The monoisotopic (exact) mass is 1890 g/mol. The Morgan fingerprint density at radius 2 is 0.531 bits per heavy atom. The maximum Gasteiger partial charge on any atom is 0.227 e. The first-order chi connectivity index (χ1) is 70.6. The molecule has 19 heterocycles. The van der Waals surface area contributed by atoms with Crippen LogP contribution in [0.1, 0.15) is 109 Å². The van der Waals surface area contributed by atoms with E-state index >= 15 is 0 Å². The van der Waals surface area contributed by atoms with E-state index in [-0.39, 0.29) is 30.8 Å². The molecule has 0 saturated carbocycles. The Labute approximate surface area is 831 Å². The number of furan rings is 5. The normalized spacial score (nSPS) is 16.7. The predicted molar refractivity (Wildman–Crippen MR) is 576 cm³/mol. The fourth-order valence-corrected chi connectivity index (χ4v) is 21.2. The summed E-state index contributed by atoms with van der Waals surface area (Å²) in [5, 5.41) is 10.4. The maximum atomic E-state index is 7.69. The van der Waals surface area contributed by atoms with E-state index < -0.39 is 6.98 Å². The molecule has 27 rings (SSSR count). The zero-order chi connectivity index (χ0) is 101. The second-order valence-electron chi connectivity index (χ2n) is 37.5. The lowest BCUT2D eigenvalue weighted by Gasteiger charge is -2.32. The molecule has 5 atom stereocenters. The lowest BCUT2D eigenvalue weighted by Crippen LogP contribution is -2.42. The molecular formula is C117H107N21O5. The number of aromatic nitrogens is 11. The van der Waals surface area contributed by atoms with Gasteiger partial charge in [0.05, 0.1) is 39.8 Å². The van der Waals surface area contributed by atoms with Crippen molar-refractivity contribution in [2.75, 3.05) is 51.1 Å². The van der Waals surface area contributed by atoms with Crippen molar-refractivity contribution in [2.45, 2.75) is 155 Å². The van der Waals surface area contributed by atoms with E-state index in [2.05, 4.69) is 294 Å². The van der Waals surface area contributed by atoms with Crippen molar-refractivity contribution in [1.82, 2.24) is 59.7 Å². The molecule has 0 amide bonds. The number of para-hydroxylation sites is 3. The van der Waals surface area contributed by atoms with Crippen LogP contribution >= 0.6 is 0 Å². The van der Waals surface area contributed by atoms with Gasteiger partial charge >= 0.3 is 0 Å². The van der Waals surface area contributed by atoms with Gasteiger partial charge in [-0.3, -0.25) is 14.7 Å². The lowest BCUT2D eigenvalue weighted by molar-refractivity contribution is 0.383. The zero-order valence-corrected chi connectivity index (χ0v) is 82.5. The van der Waals surface area contributed by atoms with Crippen LogP contribution in [0.15, 0.2) is 308 Å². The fraction of sp³-hybridized carbons (Fsp3) is 0.205. The van der Waals surface area contributed by atoms with Crippen LogP contribution in [0, 0.1) is 69.2 Å². The SMILES string of the molecule is Cc1ccc2c(n1)oc1c(N3c4cccnc4N(c4ccccc4)[C@@H]3C)c(C)ccc12.Cc1ccc2c(n1)oc1c(N3c4ncccc4N(c4ccccc4)[C@@H]3C)c(C)ccc12.Cc1ccc2c(n1)oc1c(N3c4nccnc4N(C(C)C)[C@@H]3C)c(C)ccc12.Cc1ccc2c(n1)oc1c(N3c4nccnc4N(c4ccccc4)[C@@H]3C)c(C)ccc12.[2H]C([2H])([2H])N1C=CN(c2c(C)ccc3c2oc2nc(C)ccc23)[C@H]1C. The van der Waals surface area contributed by atoms with Gasteiger partial charge in [0.15, 0.2) is 62.8 Å². The largest absolute Gasteiger partial charge is 0.435 e. The van der Waals surface area contributed by atoms with E-state index in [0.717, 1.165) is 230 Å². The molecule has 0 N–H and O–H groups in total. The number of nitrogens with zero attached hydrogens (tertiary/aromatic N) is 21. The molecule has 22 aromatic rings. The van der Waals surface area contributed by atoms with Crippen LogP contribution in [-0.2, 0) is 0 Å². The Hall–Kier alpha value is -17.3. The third-order valence-corrected chi connectivity index (χ3v) is 28.0. The number of pyridine rings is 7. The number of hydrogen-bond donors (Lipinski definition) is 0. The Morgan fingerprint density at radius 3 is 0.902 bits per heavy atom. The zero-order valence-electron chi connectivity index (χ0n) is 85.5. The van der Waals surface area contributed by atoms with Crippen molar-refractivity contribution in [1.29, 1.82) is 0 Å². The van der Waals surface area contributed by atoms with Gasteiger partial charge in [0, 0.05) is 166 Å². The minimum absolute atomic E-state index is 0.0273. The minimum atomic E-state index is -2.18. The summed E-state index contributed by atoms with van der Waals surface area (Å²) in [5.41, 5.74) is 28.2. The first-order valence-electron chi connectivity index (χ1n) is 49.9. The predicted octanol–water partition coefficient (Wildman–Crippen LogP) is 28.5. The quantitative estimate of drug-likeness (QED) is 0.130. The second-order valence-corrected chi connectivity index (χ2v) is 37.5. The lowest BCUT2D eigenvalue weighted by atomic mass is 10.1. The van der Waals surface area contributed by atoms with Crippen molar-refractivity contribution >= 4 is 202 Å². The Morgan fingerprint density at radius 1 is 0.252 bits per heavy atom. The Bertz CT molecular complexity index is 8390. The van der Waals surface area contributed by atoms with Crippen molar-refractivity contribution in [3.8, 4) is 0 Å². The fourth-order valence-electron chi connectivity index (χ4n) is 21.2. The third kappa shape index (κ3) is 15.0. The van der Waals surface area contributed by atoms with Crippen molar-refractivity contribution in [2.24, 2.45) is 0 Å². The van der Waals surface area contributed by atoms with Crippen LogP contribution in [-0.4, -0.2) is 104 Å². The van der Waals surface area contributed by atoms with E-state index in [0.29, 0.717) is 34.6 Å². The molecule has 143 heavy (non-hydrogen) atoms. The summed E-state index contributed by atoms with van der Waals surface area (Å²) in [4.78, 5) is 72.7. The molecule has 26 nitrogen and oxygen atoms in total. The average Bonchev–Trinajstić information content (AvgIpc) is 1.57.